The van der Waals surface area contributed by atoms with Crippen LogP contribution in [-0.2, 0) is 0 Å². The summed E-state index contributed by atoms with van der Waals surface area (Å²) in [5.74, 6) is 2.62. The molecule has 0 atom stereocenters. The highest BCUT2D eigenvalue weighted by atomic mass is 32.2. The maximum atomic E-state index is 12.6. The smallest absolute Gasteiger partial charge is 0.253 e. The molecule has 6 heteroatoms. The second-order valence-corrected chi connectivity index (χ2v) is 7.66. The number of rotatable bonds is 8. The number of nitrogens with zero attached hydrogens (tertiary/aromatic N) is 2. The van der Waals surface area contributed by atoms with Gasteiger partial charge in [0.15, 0.2) is 0 Å². The summed E-state index contributed by atoms with van der Waals surface area (Å²) in [5.41, 5.74) is 3.27. The lowest BCUT2D eigenvalue weighted by Crippen LogP contribution is -2.30. The fourth-order valence-corrected chi connectivity index (χ4v) is 3.88. The van der Waals surface area contributed by atoms with Gasteiger partial charge in [0.25, 0.3) is 5.91 Å². The Kier molecular flexibility index (Phi) is 6.62. The first-order chi connectivity index (χ1) is 13.6. The lowest BCUT2D eigenvalue weighted by atomic mass is 10.1. The molecule has 5 nitrogen and oxygen atoms in total. The number of hydrogen-bond donors (Lipinski definition) is 1. The van der Waals surface area contributed by atoms with Crippen LogP contribution < -0.4 is 4.74 Å². The van der Waals surface area contributed by atoms with Gasteiger partial charge in [-0.1, -0.05) is 6.92 Å². The topological polar surface area (TPSA) is 58.2 Å². The summed E-state index contributed by atoms with van der Waals surface area (Å²) in [6.07, 6.45) is 0. The van der Waals surface area contributed by atoms with Crippen LogP contribution in [0.2, 0.25) is 0 Å². The van der Waals surface area contributed by atoms with Gasteiger partial charge in [-0.2, -0.15) is 0 Å². The van der Waals surface area contributed by atoms with Gasteiger partial charge < -0.3 is 14.6 Å². The molecule has 0 saturated carbocycles. The number of ether oxygens (including phenoxy) is 1. The molecular formula is C22H27N3O2S. The Bertz CT molecular complexity index is 964. The maximum Gasteiger partial charge on any atom is 0.253 e. The van der Waals surface area contributed by atoms with Crippen LogP contribution in [0.1, 0.15) is 38.1 Å². The van der Waals surface area contributed by atoms with Gasteiger partial charge in [0.1, 0.15) is 11.6 Å². The molecule has 0 aliphatic heterocycles. The molecule has 1 heterocycles. The summed E-state index contributed by atoms with van der Waals surface area (Å²) in [7, 11) is 0. The van der Waals surface area contributed by atoms with Crippen LogP contribution >= 0.6 is 11.8 Å². The van der Waals surface area contributed by atoms with E-state index in [9.17, 15) is 4.79 Å². The minimum Gasteiger partial charge on any atom is -0.493 e. The van der Waals surface area contributed by atoms with Gasteiger partial charge in [0.2, 0.25) is 0 Å². The van der Waals surface area contributed by atoms with Gasteiger partial charge in [-0.25, -0.2) is 4.98 Å². The van der Waals surface area contributed by atoms with Crippen LogP contribution in [0.15, 0.2) is 41.3 Å². The molecule has 28 heavy (non-hydrogen) atoms. The number of H-pyrrole nitrogens is 1. The molecule has 0 saturated heterocycles. The van der Waals surface area contributed by atoms with Gasteiger partial charge in [-0.3, -0.25) is 4.79 Å². The van der Waals surface area contributed by atoms with Gasteiger partial charge in [0.05, 0.1) is 23.2 Å². The Morgan fingerprint density at radius 3 is 2.57 bits per heavy atom. The number of nitrogens with one attached hydrogen (secondary N) is 1. The highest BCUT2D eigenvalue weighted by Crippen LogP contribution is 2.33. The predicted molar refractivity (Wildman–Crippen MR) is 116 cm³/mol. The Balaban J connectivity index is 1.99. The van der Waals surface area contributed by atoms with Crippen molar-refractivity contribution in [3.8, 4) is 17.1 Å². The van der Waals surface area contributed by atoms with Crippen LogP contribution in [-0.4, -0.2) is 46.2 Å². The molecule has 0 aliphatic rings. The van der Waals surface area contributed by atoms with Crippen molar-refractivity contribution in [1.82, 2.24) is 14.9 Å². The van der Waals surface area contributed by atoms with Gasteiger partial charge in [-0.15, -0.1) is 11.8 Å². The van der Waals surface area contributed by atoms with E-state index >= 15 is 0 Å². The van der Waals surface area contributed by atoms with E-state index in [-0.39, 0.29) is 5.91 Å². The van der Waals surface area contributed by atoms with Crippen LogP contribution in [0.25, 0.3) is 22.4 Å². The van der Waals surface area contributed by atoms with E-state index in [0.29, 0.717) is 25.3 Å². The predicted octanol–water partition coefficient (Wildman–Crippen LogP) is 5.22. The first kappa shape index (κ1) is 20.3. The molecule has 0 aliphatic carbocycles. The third-order valence-corrected chi connectivity index (χ3v) is 5.48. The second-order valence-electron chi connectivity index (χ2n) is 6.32. The van der Waals surface area contributed by atoms with E-state index in [2.05, 4.69) is 24.0 Å². The quantitative estimate of drug-likeness (QED) is 0.529. The number of thioether (sulfide) groups is 1. The number of aromatic nitrogens is 2. The number of imidazole rings is 1. The molecule has 3 rings (SSSR count). The molecule has 0 bridgehead atoms. The first-order valence-corrected chi connectivity index (χ1v) is 10.8. The van der Waals surface area contributed by atoms with Crippen molar-refractivity contribution in [2.75, 3.05) is 25.4 Å². The van der Waals surface area contributed by atoms with Crippen LogP contribution in [0.3, 0.4) is 0 Å². The summed E-state index contributed by atoms with van der Waals surface area (Å²) >= 11 is 1.78. The molecule has 148 valence electrons. The minimum atomic E-state index is 0.0346. The molecular weight excluding hydrogens is 370 g/mol. The van der Waals surface area contributed by atoms with E-state index in [1.54, 1.807) is 11.8 Å². The monoisotopic (exact) mass is 397 g/mol. The molecule has 0 unspecified atom stereocenters. The highest BCUT2D eigenvalue weighted by Gasteiger charge is 2.16. The summed E-state index contributed by atoms with van der Waals surface area (Å²) in [6.45, 7) is 10.1. The van der Waals surface area contributed by atoms with Crippen molar-refractivity contribution in [3.05, 3.63) is 42.0 Å². The van der Waals surface area contributed by atoms with Gasteiger partial charge >= 0.3 is 0 Å². The number of aromatic amines is 1. The molecule has 0 radical (unpaired) electrons. The van der Waals surface area contributed by atoms with E-state index < -0.39 is 0 Å². The molecule has 0 spiro atoms. The molecule has 1 N–H and O–H groups in total. The molecule has 3 aromatic rings. The Labute approximate surface area is 170 Å². The summed E-state index contributed by atoms with van der Waals surface area (Å²) in [5, 5.41) is 0. The first-order valence-electron chi connectivity index (χ1n) is 9.80. The molecule has 2 aromatic carbocycles. The zero-order valence-corrected chi connectivity index (χ0v) is 17.7. The van der Waals surface area contributed by atoms with Gasteiger partial charge in [-0.05, 0) is 62.9 Å². The fourth-order valence-electron chi connectivity index (χ4n) is 3.19. The third-order valence-electron chi connectivity index (χ3n) is 4.60. The van der Waals surface area contributed by atoms with E-state index in [4.69, 9.17) is 9.72 Å². The Hall–Kier alpha value is -2.47. The average molecular weight is 398 g/mol. The van der Waals surface area contributed by atoms with E-state index in [1.807, 2.05) is 49.9 Å². The van der Waals surface area contributed by atoms with Crippen molar-refractivity contribution in [2.45, 2.75) is 32.6 Å². The normalized spacial score (nSPS) is 11.0. The molecule has 1 amide bonds. The van der Waals surface area contributed by atoms with Crippen molar-refractivity contribution >= 4 is 28.7 Å². The largest absolute Gasteiger partial charge is 0.493 e. The third kappa shape index (κ3) is 4.17. The number of carbonyl (C=O) groups excluding carboxylic acids is 1. The maximum absolute atomic E-state index is 12.6. The number of hydrogen-bond acceptors (Lipinski definition) is 4. The number of carbonyl (C=O) groups is 1. The number of benzene rings is 2. The zero-order valence-electron chi connectivity index (χ0n) is 16.9. The van der Waals surface area contributed by atoms with E-state index in [0.717, 1.165) is 33.9 Å². The second kappa shape index (κ2) is 9.15. The Morgan fingerprint density at radius 1 is 1.11 bits per heavy atom. The van der Waals surface area contributed by atoms with Crippen molar-refractivity contribution in [1.29, 1.82) is 0 Å². The standard InChI is InChI=1S/C22H27N3O2S/c1-5-25(6-2)22(26)15-9-12-18-19(13-15)24-21(23-18)17-11-10-16(28-8-4)14-20(17)27-7-3/h9-14H,5-8H2,1-4H3,(H,23,24). The van der Waals surface area contributed by atoms with Crippen molar-refractivity contribution in [2.24, 2.45) is 0 Å². The molecule has 0 fully saturated rings. The van der Waals surface area contributed by atoms with Crippen molar-refractivity contribution in [3.63, 3.8) is 0 Å². The lowest BCUT2D eigenvalue weighted by Gasteiger charge is -2.18. The molecule has 1 aromatic heterocycles. The summed E-state index contributed by atoms with van der Waals surface area (Å²) in [6, 6.07) is 11.8. The summed E-state index contributed by atoms with van der Waals surface area (Å²) < 4.78 is 5.86. The fraction of sp³-hybridized carbons (Fsp3) is 0.364. The van der Waals surface area contributed by atoms with Crippen LogP contribution in [0, 0.1) is 0 Å². The SMILES string of the molecule is CCOc1cc(SCC)ccc1-c1nc2cc(C(=O)N(CC)CC)ccc2[nH]1. The van der Waals surface area contributed by atoms with E-state index in [1.165, 1.54) is 4.90 Å². The summed E-state index contributed by atoms with van der Waals surface area (Å²) in [4.78, 5) is 23.7. The Morgan fingerprint density at radius 2 is 1.89 bits per heavy atom. The lowest BCUT2D eigenvalue weighted by molar-refractivity contribution is 0.0773. The van der Waals surface area contributed by atoms with Crippen LogP contribution in [0.5, 0.6) is 5.75 Å². The minimum absolute atomic E-state index is 0.0346. The van der Waals surface area contributed by atoms with Crippen molar-refractivity contribution < 1.29 is 9.53 Å². The number of amides is 1. The zero-order chi connectivity index (χ0) is 20.1. The van der Waals surface area contributed by atoms with Gasteiger partial charge in [0, 0.05) is 23.5 Å². The van der Waals surface area contributed by atoms with Crippen LogP contribution in [0.4, 0.5) is 0 Å². The number of fused-ring (bicyclic) bond motifs is 1. The average Bonchev–Trinajstić information content (AvgIpc) is 3.12. The highest BCUT2D eigenvalue weighted by molar-refractivity contribution is 7.99.